The van der Waals surface area contributed by atoms with E-state index >= 15 is 0 Å². The van der Waals surface area contributed by atoms with Crippen LogP contribution in [0.3, 0.4) is 0 Å². The molecule has 2 aromatic rings. The van der Waals surface area contributed by atoms with E-state index < -0.39 is 0 Å². The number of nitrogens with zero attached hydrogens (tertiary/aromatic N) is 4. The average Bonchev–Trinajstić information content (AvgIpc) is 3.04. The fourth-order valence-corrected chi connectivity index (χ4v) is 3.19. The number of aromatic hydroxyl groups is 2. The Labute approximate surface area is 136 Å². The zero-order valence-corrected chi connectivity index (χ0v) is 13.1. The Kier molecular flexibility index (Phi) is 4.77. The van der Waals surface area contributed by atoms with Gasteiger partial charge in [0.05, 0.1) is 11.8 Å². The molecule has 0 spiro atoms. The van der Waals surface area contributed by atoms with Crippen LogP contribution in [0, 0.1) is 0 Å². The number of aromatic nitrogens is 4. The summed E-state index contributed by atoms with van der Waals surface area (Å²) in [6.45, 7) is 1.36. The van der Waals surface area contributed by atoms with E-state index in [-0.39, 0.29) is 29.1 Å². The molecule has 0 aliphatic carbocycles. The number of ketones is 1. The number of benzene rings is 1. The molecule has 3 rings (SSSR count). The molecular formula is C14H16N4O4S. The molecule has 1 fully saturated rings. The maximum Gasteiger partial charge on any atom is 0.210 e. The second-order valence-corrected chi connectivity index (χ2v) is 6.11. The number of phenolic OH excluding ortho intramolecular Hbond substituents is 2. The van der Waals surface area contributed by atoms with Gasteiger partial charge in [-0.25, -0.2) is 4.68 Å². The fraction of sp³-hybridized carbons (Fsp3) is 0.429. The summed E-state index contributed by atoms with van der Waals surface area (Å²) < 4.78 is 7.07. The van der Waals surface area contributed by atoms with Gasteiger partial charge in [0.15, 0.2) is 17.3 Å². The van der Waals surface area contributed by atoms with Crippen molar-refractivity contribution in [3.63, 3.8) is 0 Å². The minimum atomic E-state index is -0.312. The molecule has 0 unspecified atom stereocenters. The zero-order chi connectivity index (χ0) is 16.2. The number of thioether (sulfide) groups is 1. The topological polar surface area (TPSA) is 110 Å². The number of phenols is 2. The third kappa shape index (κ3) is 3.62. The van der Waals surface area contributed by atoms with Gasteiger partial charge in [0, 0.05) is 18.8 Å². The van der Waals surface area contributed by atoms with Crippen LogP contribution in [0.5, 0.6) is 11.5 Å². The lowest BCUT2D eigenvalue weighted by atomic mass is 10.1. The van der Waals surface area contributed by atoms with Gasteiger partial charge in [-0.3, -0.25) is 4.79 Å². The van der Waals surface area contributed by atoms with Crippen LogP contribution in [-0.2, 0) is 4.74 Å². The van der Waals surface area contributed by atoms with E-state index in [1.54, 1.807) is 4.68 Å². The van der Waals surface area contributed by atoms with Crippen molar-refractivity contribution >= 4 is 17.5 Å². The second-order valence-electron chi connectivity index (χ2n) is 5.16. The standard InChI is InChI=1S/C14H16N4O4S/c19-11-2-1-9(7-12(11)20)13(21)8-23-14-15-16-17-18(14)10-3-5-22-6-4-10/h1-2,7,10,19-20H,3-6,8H2. The van der Waals surface area contributed by atoms with Crippen LogP contribution in [-0.4, -0.2) is 55.2 Å². The predicted molar refractivity (Wildman–Crippen MR) is 81.7 cm³/mol. The average molecular weight is 336 g/mol. The number of carbonyl (C=O) groups is 1. The molecule has 0 atom stereocenters. The van der Waals surface area contributed by atoms with Crippen LogP contribution in [0.25, 0.3) is 0 Å². The van der Waals surface area contributed by atoms with Crippen molar-refractivity contribution in [3.05, 3.63) is 23.8 Å². The highest BCUT2D eigenvalue weighted by molar-refractivity contribution is 7.99. The van der Waals surface area contributed by atoms with Gasteiger partial charge in [-0.05, 0) is 41.5 Å². The molecule has 0 saturated carbocycles. The van der Waals surface area contributed by atoms with Gasteiger partial charge in [-0.15, -0.1) is 5.10 Å². The van der Waals surface area contributed by atoms with Crippen molar-refractivity contribution in [3.8, 4) is 11.5 Å². The molecule has 2 N–H and O–H groups in total. The summed E-state index contributed by atoms with van der Waals surface area (Å²) in [5.41, 5.74) is 0.331. The molecule has 2 heterocycles. The van der Waals surface area contributed by atoms with Crippen LogP contribution >= 0.6 is 11.8 Å². The van der Waals surface area contributed by atoms with Gasteiger partial charge in [0.1, 0.15) is 0 Å². The van der Waals surface area contributed by atoms with Crippen molar-refractivity contribution in [2.24, 2.45) is 0 Å². The van der Waals surface area contributed by atoms with E-state index in [1.165, 1.54) is 30.0 Å². The quantitative estimate of drug-likeness (QED) is 0.479. The molecule has 23 heavy (non-hydrogen) atoms. The molecule has 1 aromatic heterocycles. The zero-order valence-electron chi connectivity index (χ0n) is 12.3. The highest BCUT2D eigenvalue weighted by Gasteiger charge is 2.21. The van der Waals surface area contributed by atoms with Crippen molar-refractivity contribution in [1.82, 2.24) is 20.2 Å². The van der Waals surface area contributed by atoms with Crippen molar-refractivity contribution in [2.75, 3.05) is 19.0 Å². The molecule has 0 radical (unpaired) electrons. The summed E-state index contributed by atoms with van der Waals surface area (Å²) in [4.78, 5) is 12.2. The summed E-state index contributed by atoms with van der Waals surface area (Å²) in [7, 11) is 0. The smallest absolute Gasteiger partial charge is 0.210 e. The predicted octanol–water partition coefficient (Wildman–Crippen LogP) is 1.41. The highest BCUT2D eigenvalue weighted by atomic mass is 32.2. The minimum Gasteiger partial charge on any atom is -0.504 e. The van der Waals surface area contributed by atoms with Crippen LogP contribution in [0.15, 0.2) is 23.4 Å². The van der Waals surface area contributed by atoms with Gasteiger partial charge in [0.25, 0.3) is 0 Å². The fourth-order valence-electron chi connectivity index (χ4n) is 2.35. The van der Waals surface area contributed by atoms with Crippen LogP contribution < -0.4 is 0 Å². The molecule has 1 aliphatic heterocycles. The van der Waals surface area contributed by atoms with Crippen LogP contribution in [0.1, 0.15) is 29.2 Å². The Hall–Kier alpha value is -2.13. The lowest BCUT2D eigenvalue weighted by Crippen LogP contribution is -2.21. The molecule has 0 amide bonds. The van der Waals surface area contributed by atoms with Gasteiger partial charge < -0.3 is 14.9 Å². The number of hydrogen-bond acceptors (Lipinski definition) is 8. The van der Waals surface area contributed by atoms with Crippen LogP contribution in [0.2, 0.25) is 0 Å². The summed E-state index contributed by atoms with van der Waals surface area (Å²) >= 11 is 1.25. The van der Waals surface area contributed by atoms with Gasteiger partial charge >= 0.3 is 0 Å². The minimum absolute atomic E-state index is 0.147. The first-order valence-corrected chi connectivity index (χ1v) is 8.17. The molecule has 122 valence electrons. The van der Waals surface area contributed by atoms with E-state index in [2.05, 4.69) is 15.5 Å². The second kappa shape index (κ2) is 6.97. The number of Topliss-reactive ketones (excluding diaryl/α,β-unsaturated/α-hetero) is 1. The van der Waals surface area contributed by atoms with Crippen molar-refractivity contribution in [2.45, 2.75) is 24.0 Å². The molecular weight excluding hydrogens is 320 g/mol. The summed E-state index contributed by atoms with van der Waals surface area (Å²) in [5.74, 6) is -0.592. The Bertz CT molecular complexity index is 700. The monoisotopic (exact) mass is 336 g/mol. The first kappa shape index (κ1) is 15.8. The molecule has 1 aliphatic rings. The molecule has 8 nitrogen and oxygen atoms in total. The maximum atomic E-state index is 12.2. The number of hydrogen-bond donors (Lipinski definition) is 2. The summed E-state index contributed by atoms with van der Waals surface area (Å²) in [6.07, 6.45) is 1.69. The molecule has 1 aromatic carbocycles. The molecule has 0 bridgehead atoms. The number of carbonyl (C=O) groups excluding carboxylic acids is 1. The van der Waals surface area contributed by atoms with E-state index in [1.807, 2.05) is 0 Å². The number of tetrazole rings is 1. The van der Waals surface area contributed by atoms with E-state index in [4.69, 9.17) is 4.74 Å². The first-order chi connectivity index (χ1) is 11.1. The van der Waals surface area contributed by atoms with Gasteiger partial charge in [-0.2, -0.15) is 0 Å². The van der Waals surface area contributed by atoms with Crippen molar-refractivity contribution in [1.29, 1.82) is 0 Å². The Morgan fingerprint density at radius 1 is 1.30 bits per heavy atom. The Morgan fingerprint density at radius 2 is 2.09 bits per heavy atom. The van der Waals surface area contributed by atoms with E-state index in [9.17, 15) is 15.0 Å². The van der Waals surface area contributed by atoms with E-state index in [0.717, 1.165) is 12.8 Å². The highest BCUT2D eigenvalue weighted by Crippen LogP contribution is 2.27. The van der Waals surface area contributed by atoms with E-state index in [0.29, 0.717) is 23.9 Å². The lowest BCUT2D eigenvalue weighted by Gasteiger charge is -2.22. The molecule has 9 heteroatoms. The maximum absolute atomic E-state index is 12.2. The molecule has 1 saturated heterocycles. The summed E-state index contributed by atoms with van der Waals surface area (Å²) in [6, 6.07) is 4.20. The largest absolute Gasteiger partial charge is 0.504 e. The lowest BCUT2D eigenvalue weighted by molar-refractivity contribution is 0.0631. The van der Waals surface area contributed by atoms with Crippen LogP contribution in [0.4, 0.5) is 0 Å². The Morgan fingerprint density at radius 3 is 2.83 bits per heavy atom. The summed E-state index contributed by atoms with van der Waals surface area (Å²) in [5, 5.41) is 31.0. The number of ether oxygens (including phenoxy) is 1. The van der Waals surface area contributed by atoms with Gasteiger partial charge in [-0.1, -0.05) is 11.8 Å². The SMILES string of the molecule is O=C(CSc1nnnn1C1CCOCC1)c1ccc(O)c(O)c1. The van der Waals surface area contributed by atoms with Gasteiger partial charge in [0.2, 0.25) is 5.16 Å². The van der Waals surface area contributed by atoms with Crippen molar-refractivity contribution < 1.29 is 19.7 Å². The first-order valence-electron chi connectivity index (χ1n) is 7.18. The number of rotatable bonds is 5. The third-order valence-corrected chi connectivity index (χ3v) is 4.56. The Balaban J connectivity index is 1.65. The third-order valence-electron chi connectivity index (χ3n) is 3.63. The normalized spacial score (nSPS) is 15.7.